The van der Waals surface area contributed by atoms with Crippen LogP contribution >= 0.6 is 11.3 Å². The van der Waals surface area contributed by atoms with Gasteiger partial charge in [-0.2, -0.15) is 5.10 Å². The highest BCUT2D eigenvalue weighted by molar-refractivity contribution is 7.07. The van der Waals surface area contributed by atoms with Gasteiger partial charge in [-0.15, -0.1) is 11.3 Å². The molecule has 134 valence electrons. The molecule has 3 rings (SSSR count). The maximum atomic E-state index is 9.95. The Morgan fingerprint density at radius 1 is 1.08 bits per heavy atom. The number of nitrogens with zero attached hydrogens (tertiary/aromatic N) is 3. The van der Waals surface area contributed by atoms with Crippen LogP contribution < -0.4 is 9.54 Å². The highest BCUT2D eigenvalue weighted by atomic mass is 32.1. The molecule has 0 atom stereocenters. The van der Waals surface area contributed by atoms with E-state index in [1.807, 2.05) is 29.6 Å². The molecule has 1 heterocycles. The van der Waals surface area contributed by atoms with Gasteiger partial charge in [0.15, 0.2) is 11.5 Å². The molecule has 1 aromatic heterocycles. The van der Waals surface area contributed by atoms with Crippen LogP contribution in [-0.4, -0.2) is 40.4 Å². The van der Waals surface area contributed by atoms with Crippen molar-refractivity contribution in [2.45, 2.75) is 0 Å². The second-order valence-electron chi connectivity index (χ2n) is 5.25. The number of methoxy groups -OCH3 is 1. The number of thiazole rings is 1. The Bertz CT molecular complexity index is 1040. The summed E-state index contributed by atoms with van der Waals surface area (Å²) >= 11 is 1.41. The minimum Gasteiger partial charge on any atom is -0.504 e. The number of ether oxygens (including phenoxy) is 1. The summed E-state index contributed by atoms with van der Waals surface area (Å²) in [5.74, 6) is -0.739. The van der Waals surface area contributed by atoms with E-state index in [1.165, 1.54) is 29.7 Å². The molecule has 0 amide bonds. The van der Waals surface area contributed by atoms with E-state index >= 15 is 0 Å². The molecule has 0 aliphatic heterocycles. The molecule has 3 N–H and O–H groups in total. The number of para-hydroxylation sites is 1. The van der Waals surface area contributed by atoms with Crippen molar-refractivity contribution in [3.05, 3.63) is 52.1 Å². The molecule has 7 nitrogen and oxygen atoms in total. The van der Waals surface area contributed by atoms with Gasteiger partial charge < -0.3 is 20.1 Å². The van der Waals surface area contributed by atoms with Crippen LogP contribution in [0.3, 0.4) is 0 Å². The largest absolute Gasteiger partial charge is 0.504 e. The van der Waals surface area contributed by atoms with Gasteiger partial charge in [0.1, 0.15) is 5.75 Å². The SMILES string of the molecule is CN=c1scc(-c2ccccc2OC)n1N=Cc1ccc(O)c(O)c1O. The lowest BCUT2D eigenvalue weighted by Gasteiger charge is -2.09. The fourth-order valence-corrected chi connectivity index (χ4v) is 3.21. The van der Waals surface area contributed by atoms with Gasteiger partial charge in [0.25, 0.3) is 0 Å². The van der Waals surface area contributed by atoms with E-state index in [4.69, 9.17) is 4.74 Å². The zero-order chi connectivity index (χ0) is 18.7. The average Bonchev–Trinajstić information content (AvgIpc) is 3.08. The molecule has 0 saturated carbocycles. The fraction of sp³-hybridized carbons (Fsp3) is 0.111. The van der Waals surface area contributed by atoms with Crippen LogP contribution in [-0.2, 0) is 0 Å². The Morgan fingerprint density at radius 2 is 1.85 bits per heavy atom. The lowest BCUT2D eigenvalue weighted by molar-refractivity contribution is 0.367. The van der Waals surface area contributed by atoms with E-state index in [0.717, 1.165) is 11.3 Å². The Kier molecular flexibility index (Phi) is 4.94. The number of hydrogen-bond acceptors (Lipinski definition) is 7. The summed E-state index contributed by atoms with van der Waals surface area (Å²) in [6.45, 7) is 0. The molecule has 2 aromatic carbocycles. The minimum absolute atomic E-state index is 0.257. The summed E-state index contributed by atoms with van der Waals surface area (Å²) in [5.41, 5.74) is 1.87. The van der Waals surface area contributed by atoms with E-state index in [9.17, 15) is 15.3 Å². The summed E-state index contributed by atoms with van der Waals surface area (Å²) in [6.07, 6.45) is 1.38. The molecule has 0 bridgehead atoms. The monoisotopic (exact) mass is 371 g/mol. The molecule has 0 aliphatic rings. The van der Waals surface area contributed by atoms with Crippen molar-refractivity contribution >= 4 is 17.6 Å². The van der Waals surface area contributed by atoms with Gasteiger partial charge in [0, 0.05) is 23.6 Å². The standard InChI is InChI=1S/C18H17N3O4S/c1-19-18-21(20-9-11-7-8-14(22)17(24)16(11)23)13(10-26-18)12-5-3-4-6-15(12)25-2/h3-10,22-24H,1-2H3. The summed E-state index contributed by atoms with van der Waals surface area (Å²) in [4.78, 5) is 4.86. The van der Waals surface area contributed by atoms with Crippen molar-refractivity contribution in [3.8, 4) is 34.3 Å². The number of phenolic OH excluding ortho intramolecular Hbond substituents is 3. The predicted molar refractivity (Wildman–Crippen MR) is 100 cm³/mol. The molecule has 0 fully saturated rings. The van der Waals surface area contributed by atoms with Crippen molar-refractivity contribution in [3.63, 3.8) is 0 Å². The summed E-state index contributed by atoms with van der Waals surface area (Å²) in [5, 5.41) is 35.3. The number of aromatic nitrogens is 1. The zero-order valence-corrected chi connectivity index (χ0v) is 14.9. The maximum absolute atomic E-state index is 9.95. The number of hydrogen-bond donors (Lipinski definition) is 3. The van der Waals surface area contributed by atoms with Crippen LogP contribution in [0.15, 0.2) is 51.9 Å². The number of phenols is 3. The number of rotatable bonds is 4. The molecular weight excluding hydrogens is 354 g/mol. The molecule has 8 heteroatoms. The third-order valence-corrected chi connectivity index (χ3v) is 4.64. The first kappa shape index (κ1) is 17.6. The Morgan fingerprint density at radius 3 is 2.58 bits per heavy atom. The van der Waals surface area contributed by atoms with Gasteiger partial charge >= 0.3 is 0 Å². The fourth-order valence-electron chi connectivity index (χ4n) is 2.41. The van der Waals surface area contributed by atoms with Crippen molar-refractivity contribution < 1.29 is 20.1 Å². The van der Waals surface area contributed by atoms with Crippen LogP contribution in [0.5, 0.6) is 23.0 Å². The van der Waals surface area contributed by atoms with Crippen molar-refractivity contribution in [2.24, 2.45) is 10.1 Å². The van der Waals surface area contributed by atoms with E-state index < -0.39 is 17.2 Å². The molecule has 0 spiro atoms. The zero-order valence-electron chi connectivity index (χ0n) is 14.1. The quantitative estimate of drug-likeness (QED) is 0.485. The Labute approximate surface area is 153 Å². The Balaban J connectivity index is 2.12. The molecule has 0 radical (unpaired) electrons. The van der Waals surface area contributed by atoms with Gasteiger partial charge in [0.05, 0.1) is 19.0 Å². The second-order valence-corrected chi connectivity index (χ2v) is 6.09. The lowest BCUT2D eigenvalue weighted by Crippen LogP contribution is -2.11. The predicted octanol–water partition coefficient (Wildman–Crippen LogP) is 2.75. The topological polar surface area (TPSA) is 99.6 Å². The van der Waals surface area contributed by atoms with E-state index in [-0.39, 0.29) is 5.56 Å². The van der Waals surface area contributed by atoms with Crippen LogP contribution in [0.2, 0.25) is 0 Å². The maximum Gasteiger partial charge on any atom is 0.205 e. The van der Waals surface area contributed by atoms with Crippen LogP contribution in [0.25, 0.3) is 11.3 Å². The van der Waals surface area contributed by atoms with Crippen molar-refractivity contribution in [2.75, 3.05) is 14.2 Å². The smallest absolute Gasteiger partial charge is 0.205 e. The van der Waals surface area contributed by atoms with Crippen molar-refractivity contribution in [1.29, 1.82) is 0 Å². The molecule has 26 heavy (non-hydrogen) atoms. The van der Waals surface area contributed by atoms with Crippen LogP contribution in [0, 0.1) is 0 Å². The molecule has 3 aromatic rings. The summed E-state index contributed by atoms with van der Waals surface area (Å²) < 4.78 is 7.03. The van der Waals surface area contributed by atoms with Gasteiger partial charge in [-0.1, -0.05) is 12.1 Å². The van der Waals surface area contributed by atoms with Crippen LogP contribution in [0.4, 0.5) is 0 Å². The normalized spacial score (nSPS) is 12.0. The van der Waals surface area contributed by atoms with Crippen LogP contribution in [0.1, 0.15) is 5.56 Å². The third kappa shape index (κ3) is 3.14. The number of benzene rings is 2. The summed E-state index contributed by atoms with van der Waals surface area (Å²) in [6, 6.07) is 10.3. The summed E-state index contributed by atoms with van der Waals surface area (Å²) in [7, 11) is 3.26. The van der Waals surface area contributed by atoms with Gasteiger partial charge in [-0.05, 0) is 24.3 Å². The Hall–Kier alpha value is -3.26. The van der Waals surface area contributed by atoms with Gasteiger partial charge in [-0.25, -0.2) is 4.68 Å². The first-order valence-electron chi connectivity index (χ1n) is 7.61. The highest BCUT2D eigenvalue weighted by Gasteiger charge is 2.13. The highest BCUT2D eigenvalue weighted by Crippen LogP contribution is 2.36. The first-order valence-corrected chi connectivity index (χ1v) is 8.49. The first-order chi connectivity index (χ1) is 12.6. The van der Waals surface area contributed by atoms with E-state index in [1.54, 1.807) is 18.8 Å². The third-order valence-electron chi connectivity index (χ3n) is 3.73. The van der Waals surface area contributed by atoms with Gasteiger partial charge in [-0.3, -0.25) is 4.99 Å². The van der Waals surface area contributed by atoms with E-state index in [2.05, 4.69) is 10.1 Å². The molecular formula is C18H17N3O4S. The average molecular weight is 371 g/mol. The van der Waals surface area contributed by atoms with Gasteiger partial charge in [0.2, 0.25) is 10.6 Å². The molecule has 0 saturated heterocycles. The number of aromatic hydroxyl groups is 3. The van der Waals surface area contributed by atoms with Crippen molar-refractivity contribution in [1.82, 2.24) is 4.68 Å². The molecule has 0 aliphatic carbocycles. The molecule has 0 unspecified atom stereocenters. The minimum atomic E-state index is -0.588. The van der Waals surface area contributed by atoms with E-state index in [0.29, 0.717) is 10.6 Å². The lowest BCUT2D eigenvalue weighted by atomic mass is 10.1. The second kappa shape index (κ2) is 7.32.